The van der Waals surface area contributed by atoms with E-state index >= 15 is 0 Å². The van der Waals surface area contributed by atoms with Crippen molar-refractivity contribution in [1.82, 2.24) is 10.2 Å². The van der Waals surface area contributed by atoms with Gasteiger partial charge in [0.25, 0.3) is 5.91 Å². The summed E-state index contributed by atoms with van der Waals surface area (Å²) >= 11 is 0. The maximum absolute atomic E-state index is 12.3. The lowest BCUT2D eigenvalue weighted by Gasteiger charge is -2.23. The summed E-state index contributed by atoms with van der Waals surface area (Å²) in [5.41, 5.74) is 1.63. The van der Waals surface area contributed by atoms with Gasteiger partial charge < -0.3 is 15.5 Å². The fourth-order valence-corrected chi connectivity index (χ4v) is 2.07. The van der Waals surface area contributed by atoms with Crippen LogP contribution in [-0.4, -0.2) is 43.5 Å². The van der Waals surface area contributed by atoms with Gasteiger partial charge >= 0.3 is 0 Å². The maximum atomic E-state index is 12.3. The highest BCUT2D eigenvalue weighted by molar-refractivity contribution is 5.99. The molecule has 118 valence electrons. The molecule has 0 heterocycles. The Morgan fingerprint density at radius 1 is 1.24 bits per heavy atom. The normalized spacial score (nSPS) is 12.2. The van der Waals surface area contributed by atoms with Gasteiger partial charge in [0.2, 0.25) is 0 Å². The molecule has 4 heteroatoms. The predicted molar refractivity (Wildman–Crippen MR) is 89.9 cm³/mol. The second kappa shape index (κ2) is 9.40. The molecule has 0 saturated heterocycles. The number of hydrogen-bond donors (Lipinski definition) is 2. The molecule has 21 heavy (non-hydrogen) atoms. The van der Waals surface area contributed by atoms with Gasteiger partial charge in [-0.2, -0.15) is 0 Å². The number of para-hydroxylation sites is 1. The van der Waals surface area contributed by atoms with Crippen LogP contribution in [-0.2, 0) is 0 Å². The Balaban J connectivity index is 2.52. The molecular formula is C17H29N3O. The first-order valence-electron chi connectivity index (χ1n) is 7.91. The van der Waals surface area contributed by atoms with Gasteiger partial charge in [-0.15, -0.1) is 0 Å². The van der Waals surface area contributed by atoms with E-state index in [2.05, 4.69) is 43.4 Å². The van der Waals surface area contributed by atoms with Crippen LogP contribution in [0.1, 0.15) is 44.0 Å². The van der Waals surface area contributed by atoms with E-state index in [0.29, 0.717) is 12.6 Å². The van der Waals surface area contributed by atoms with E-state index in [1.807, 2.05) is 24.3 Å². The zero-order valence-electron chi connectivity index (χ0n) is 13.8. The van der Waals surface area contributed by atoms with Crippen LogP contribution in [0.4, 0.5) is 5.69 Å². The smallest absolute Gasteiger partial charge is 0.253 e. The largest absolute Gasteiger partial charge is 0.384 e. The summed E-state index contributed by atoms with van der Waals surface area (Å²) < 4.78 is 0. The summed E-state index contributed by atoms with van der Waals surface area (Å²) in [7, 11) is 2.09. The van der Waals surface area contributed by atoms with Crippen molar-refractivity contribution in [3.05, 3.63) is 29.8 Å². The van der Waals surface area contributed by atoms with Gasteiger partial charge in [0.05, 0.1) is 5.56 Å². The van der Waals surface area contributed by atoms with Crippen molar-refractivity contribution in [2.24, 2.45) is 0 Å². The lowest BCUT2D eigenvalue weighted by atomic mass is 10.1. The Bertz CT molecular complexity index is 434. The Morgan fingerprint density at radius 2 is 1.95 bits per heavy atom. The molecule has 0 aliphatic rings. The highest BCUT2D eigenvalue weighted by Gasteiger charge is 2.11. The third kappa shape index (κ3) is 5.76. The number of likely N-dealkylation sites (N-methyl/N-ethyl adjacent to an activating group) is 1. The van der Waals surface area contributed by atoms with Crippen molar-refractivity contribution in [2.75, 3.05) is 32.0 Å². The van der Waals surface area contributed by atoms with Gasteiger partial charge in [-0.25, -0.2) is 0 Å². The van der Waals surface area contributed by atoms with Crippen molar-refractivity contribution < 1.29 is 4.79 Å². The molecule has 1 aromatic carbocycles. The van der Waals surface area contributed by atoms with E-state index in [9.17, 15) is 4.79 Å². The van der Waals surface area contributed by atoms with Crippen molar-refractivity contribution in [3.8, 4) is 0 Å². The van der Waals surface area contributed by atoms with Gasteiger partial charge in [-0.3, -0.25) is 4.79 Å². The molecule has 1 unspecified atom stereocenters. The topological polar surface area (TPSA) is 44.4 Å². The average molecular weight is 291 g/mol. The minimum Gasteiger partial charge on any atom is -0.384 e. The SMILES string of the molecule is CCCNc1ccccc1C(=O)NCCN(C)C(C)CC. The van der Waals surface area contributed by atoms with Crippen molar-refractivity contribution >= 4 is 11.6 Å². The Hall–Kier alpha value is -1.55. The number of nitrogens with one attached hydrogen (secondary N) is 2. The molecule has 2 N–H and O–H groups in total. The minimum atomic E-state index is -0.00763. The van der Waals surface area contributed by atoms with Crippen LogP contribution in [0.5, 0.6) is 0 Å². The average Bonchev–Trinajstić information content (AvgIpc) is 2.52. The summed E-state index contributed by atoms with van der Waals surface area (Å²) in [6, 6.07) is 8.21. The molecule has 0 spiro atoms. The number of hydrogen-bond acceptors (Lipinski definition) is 3. The van der Waals surface area contributed by atoms with Crippen molar-refractivity contribution in [2.45, 2.75) is 39.7 Å². The first-order valence-corrected chi connectivity index (χ1v) is 7.91. The van der Waals surface area contributed by atoms with E-state index < -0.39 is 0 Å². The predicted octanol–water partition coefficient (Wildman–Crippen LogP) is 2.97. The van der Waals surface area contributed by atoms with E-state index in [-0.39, 0.29) is 5.91 Å². The van der Waals surface area contributed by atoms with Gasteiger partial charge in [-0.1, -0.05) is 26.0 Å². The molecule has 1 aromatic rings. The number of nitrogens with zero attached hydrogens (tertiary/aromatic N) is 1. The Morgan fingerprint density at radius 3 is 2.62 bits per heavy atom. The molecule has 0 fully saturated rings. The van der Waals surface area contributed by atoms with Crippen molar-refractivity contribution in [3.63, 3.8) is 0 Å². The Labute approximate surface area is 128 Å². The third-order valence-corrected chi connectivity index (χ3v) is 3.83. The van der Waals surface area contributed by atoms with Crippen LogP contribution in [0.2, 0.25) is 0 Å². The summed E-state index contributed by atoms with van der Waals surface area (Å²) in [6.07, 6.45) is 2.16. The fraction of sp³-hybridized carbons (Fsp3) is 0.588. The monoisotopic (exact) mass is 291 g/mol. The number of carbonyl (C=O) groups excluding carboxylic acids is 1. The quantitative estimate of drug-likeness (QED) is 0.735. The van der Waals surface area contributed by atoms with Gasteiger partial charge in [-0.05, 0) is 38.9 Å². The Kier molecular flexibility index (Phi) is 7.83. The van der Waals surface area contributed by atoms with Gasteiger partial charge in [0, 0.05) is 31.4 Å². The second-order valence-electron chi connectivity index (χ2n) is 5.47. The summed E-state index contributed by atoms with van der Waals surface area (Å²) in [5.74, 6) is -0.00763. The second-order valence-corrected chi connectivity index (χ2v) is 5.47. The molecule has 0 aliphatic carbocycles. The molecule has 0 radical (unpaired) electrons. The summed E-state index contributed by atoms with van der Waals surface area (Å²) in [5, 5.41) is 6.30. The van der Waals surface area contributed by atoms with Crippen LogP contribution >= 0.6 is 0 Å². The van der Waals surface area contributed by atoms with E-state index in [0.717, 1.165) is 37.2 Å². The highest BCUT2D eigenvalue weighted by Crippen LogP contribution is 2.14. The molecule has 1 atom stereocenters. The molecule has 0 saturated carbocycles. The zero-order chi connectivity index (χ0) is 15.7. The summed E-state index contributed by atoms with van der Waals surface area (Å²) in [6.45, 7) is 8.90. The molecule has 0 bridgehead atoms. The van der Waals surface area contributed by atoms with Crippen LogP contribution < -0.4 is 10.6 Å². The number of benzene rings is 1. The van der Waals surface area contributed by atoms with Crippen molar-refractivity contribution in [1.29, 1.82) is 0 Å². The standard InChI is InChI=1S/C17H29N3O/c1-5-11-18-16-10-8-7-9-15(16)17(21)19-12-13-20(4)14(3)6-2/h7-10,14,18H,5-6,11-13H2,1-4H3,(H,19,21). The van der Waals surface area contributed by atoms with Crippen LogP contribution in [0.3, 0.4) is 0 Å². The molecule has 1 rings (SSSR count). The molecule has 4 nitrogen and oxygen atoms in total. The number of amides is 1. The minimum absolute atomic E-state index is 0.00763. The van der Waals surface area contributed by atoms with Gasteiger partial charge in [0.15, 0.2) is 0 Å². The fourth-order valence-electron chi connectivity index (χ4n) is 2.07. The highest BCUT2D eigenvalue weighted by atomic mass is 16.1. The number of rotatable bonds is 9. The number of carbonyl (C=O) groups is 1. The molecule has 0 aliphatic heterocycles. The van der Waals surface area contributed by atoms with Crippen LogP contribution in [0.15, 0.2) is 24.3 Å². The van der Waals surface area contributed by atoms with Crippen LogP contribution in [0.25, 0.3) is 0 Å². The third-order valence-electron chi connectivity index (χ3n) is 3.83. The van der Waals surface area contributed by atoms with E-state index in [4.69, 9.17) is 0 Å². The number of anilines is 1. The lowest BCUT2D eigenvalue weighted by Crippen LogP contribution is -2.37. The first kappa shape index (κ1) is 17.5. The van der Waals surface area contributed by atoms with Gasteiger partial charge in [0.1, 0.15) is 0 Å². The van der Waals surface area contributed by atoms with E-state index in [1.54, 1.807) is 0 Å². The molecular weight excluding hydrogens is 262 g/mol. The molecule has 0 aromatic heterocycles. The zero-order valence-corrected chi connectivity index (χ0v) is 13.8. The first-order chi connectivity index (χ1) is 10.1. The van der Waals surface area contributed by atoms with Crippen LogP contribution in [0, 0.1) is 0 Å². The van der Waals surface area contributed by atoms with E-state index in [1.165, 1.54) is 0 Å². The lowest BCUT2D eigenvalue weighted by molar-refractivity contribution is 0.0948. The summed E-state index contributed by atoms with van der Waals surface area (Å²) in [4.78, 5) is 14.5. The maximum Gasteiger partial charge on any atom is 0.253 e. The molecule has 1 amide bonds.